The maximum atomic E-state index is 11.5. The minimum absolute atomic E-state index is 0.134. The minimum atomic E-state index is 0.134. The van der Waals surface area contributed by atoms with Crippen LogP contribution in [0, 0.1) is 11.8 Å². The molecule has 2 nitrogen and oxygen atoms in total. The second-order valence-electron chi connectivity index (χ2n) is 4.14. The SMILES string of the molecule is CC(C)C(CCl)NC(=O)C1CCC1. The number of hydrogen-bond donors (Lipinski definition) is 1. The zero-order chi connectivity index (χ0) is 9.84. The molecule has 0 aromatic heterocycles. The standard InChI is InChI=1S/C10H18ClNO/c1-7(2)9(6-11)12-10(13)8-4-3-5-8/h7-9H,3-6H2,1-2H3,(H,12,13). The zero-order valence-corrected chi connectivity index (χ0v) is 9.10. The molecule has 0 spiro atoms. The first-order chi connectivity index (χ1) is 6.15. The lowest BCUT2D eigenvalue weighted by molar-refractivity contribution is -0.128. The molecule has 0 saturated heterocycles. The van der Waals surface area contributed by atoms with E-state index in [0.717, 1.165) is 12.8 Å². The van der Waals surface area contributed by atoms with Crippen molar-refractivity contribution >= 4 is 17.5 Å². The van der Waals surface area contributed by atoms with Crippen LogP contribution in [0.15, 0.2) is 0 Å². The van der Waals surface area contributed by atoms with Crippen molar-refractivity contribution in [1.82, 2.24) is 5.32 Å². The summed E-state index contributed by atoms with van der Waals surface area (Å²) in [6, 6.07) is 0.134. The van der Waals surface area contributed by atoms with E-state index in [-0.39, 0.29) is 17.9 Å². The number of alkyl halides is 1. The van der Waals surface area contributed by atoms with Gasteiger partial charge in [-0.25, -0.2) is 0 Å². The molecule has 13 heavy (non-hydrogen) atoms. The minimum Gasteiger partial charge on any atom is -0.352 e. The van der Waals surface area contributed by atoms with Crippen molar-refractivity contribution in [2.75, 3.05) is 5.88 Å². The van der Waals surface area contributed by atoms with E-state index in [1.165, 1.54) is 6.42 Å². The molecule has 1 rings (SSSR count). The third-order valence-electron chi connectivity index (χ3n) is 2.77. The number of carbonyl (C=O) groups excluding carboxylic acids is 1. The molecule has 1 atom stereocenters. The van der Waals surface area contributed by atoms with Crippen LogP contribution in [0.3, 0.4) is 0 Å². The van der Waals surface area contributed by atoms with Gasteiger partial charge >= 0.3 is 0 Å². The molecule has 1 saturated carbocycles. The molecule has 0 bridgehead atoms. The Labute approximate surface area is 85.0 Å². The smallest absolute Gasteiger partial charge is 0.223 e. The predicted octanol–water partition coefficient (Wildman–Crippen LogP) is 2.17. The zero-order valence-electron chi connectivity index (χ0n) is 8.35. The van der Waals surface area contributed by atoms with Crippen LogP contribution in [-0.2, 0) is 4.79 Å². The Morgan fingerprint density at radius 1 is 1.54 bits per heavy atom. The largest absolute Gasteiger partial charge is 0.352 e. The molecule has 1 aliphatic carbocycles. The summed E-state index contributed by atoms with van der Waals surface area (Å²) in [7, 11) is 0. The van der Waals surface area contributed by atoms with Gasteiger partial charge in [0.25, 0.3) is 0 Å². The molecular formula is C10H18ClNO. The van der Waals surface area contributed by atoms with E-state index in [1.807, 2.05) is 0 Å². The number of amides is 1. The van der Waals surface area contributed by atoms with Gasteiger partial charge in [-0.3, -0.25) is 4.79 Å². The number of rotatable bonds is 4. The van der Waals surface area contributed by atoms with Crippen LogP contribution >= 0.6 is 11.6 Å². The molecular weight excluding hydrogens is 186 g/mol. The Morgan fingerprint density at radius 3 is 2.46 bits per heavy atom. The molecule has 0 heterocycles. The van der Waals surface area contributed by atoms with Gasteiger partial charge in [0.15, 0.2) is 0 Å². The average molecular weight is 204 g/mol. The van der Waals surface area contributed by atoms with Crippen LogP contribution in [-0.4, -0.2) is 17.8 Å². The van der Waals surface area contributed by atoms with Crippen LogP contribution in [0.25, 0.3) is 0 Å². The lowest BCUT2D eigenvalue weighted by Gasteiger charge is -2.28. The molecule has 1 aliphatic rings. The first kappa shape index (κ1) is 10.8. The van der Waals surface area contributed by atoms with E-state index in [4.69, 9.17) is 11.6 Å². The van der Waals surface area contributed by atoms with Crippen molar-refractivity contribution in [2.24, 2.45) is 11.8 Å². The quantitative estimate of drug-likeness (QED) is 0.698. The van der Waals surface area contributed by atoms with Crippen LogP contribution in [0.4, 0.5) is 0 Å². The third kappa shape index (κ3) is 2.87. The number of nitrogens with one attached hydrogen (secondary N) is 1. The van der Waals surface area contributed by atoms with Crippen molar-refractivity contribution in [3.8, 4) is 0 Å². The van der Waals surface area contributed by atoms with Crippen LogP contribution in [0.5, 0.6) is 0 Å². The van der Waals surface area contributed by atoms with Gasteiger partial charge in [0.1, 0.15) is 0 Å². The molecule has 1 amide bonds. The fraction of sp³-hybridized carbons (Fsp3) is 0.900. The summed E-state index contributed by atoms with van der Waals surface area (Å²) in [6.07, 6.45) is 3.31. The Bertz CT molecular complexity index is 178. The van der Waals surface area contributed by atoms with Gasteiger partial charge in [-0.1, -0.05) is 20.3 Å². The first-order valence-electron chi connectivity index (χ1n) is 5.01. The Hall–Kier alpha value is -0.240. The summed E-state index contributed by atoms with van der Waals surface area (Å²) >= 11 is 5.76. The summed E-state index contributed by atoms with van der Waals surface area (Å²) in [4.78, 5) is 11.5. The number of halogens is 1. The molecule has 0 aromatic rings. The lowest BCUT2D eigenvalue weighted by atomic mass is 9.84. The fourth-order valence-electron chi connectivity index (χ4n) is 1.35. The fourth-order valence-corrected chi connectivity index (χ4v) is 1.79. The van der Waals surface area contributed by atoms with E-state index >= 15 is 0 Å². The van der Waals surface area contributed by atoms with Crippen LogP contribution in [0.1, 0.15) is 33.1 Å². The number of carbonyl (C=O) groups is 1. The van der Waals surface area contributed by atoms with E-state index in [0.29, 0.717) is 11.8 Å². The Balaban J connectivity index is 2.31. The van der Waals surface area contributed by atoms with Crippen molar-refractivity contribution in [1.29, 1.82) is 0 Å². The summed E-state index contributed by atoms with van der Waals surface area (Å²) < 4.78 is 0. The highest BCUT2D eigenvalue weighted by Gasteiger charge is 2.27. The Kier molecular flexibility index (Phi) is 4.04. The van der Waals surface area contributed by atoms with Gasteiger partial charge in [0.05, 0.1) is 0 Å². The highest BCUT2D eigenvalue weighted by Crippen LogP contribution is 2.26. The summed E-state index contributed by atoms with van der Waals surface area (Å²) in [6.45, 7) is 4.15. The van der Waals surface area contributed by atoms with Crippen LogP contribution < -0.4 is 5.32 Å². The third-order valence-corrected chi connectivity index (χ3v) is 3.11. The molecule has 0 radical (unpaired) electrons. The monoisotopic (exact) mass is 203 g/mol. The second kappa shape index (κ2) is 4.85. The molecule has 0 aromatic carbocycles. The first-order valence-corrected chi connectivity index (χ1v) is 5.55. The normalized spacial score (nSPS) is 19.7. The van der Waals surface area contributed by atoms with Crippen molar-refractivity contribution < 1.29 is 4.79 Å². The number of hydrogen-bond acceptors (Lipinski definition) is 1. The summed E-state index contributed by atoms with van der Waals surface area (Å²) in [5.41, 5.74) is 0. The summed E-state index contributed by atoms with van der Waals surface area (Å²) in [5.74, 6) is 1.40. The van der Waals surface area contributed by atoms with E-state index in [2.05, 4.69) is 19.2 Å². The highest BCUT2D eigenvalue weighted by molar-refractivity contribution is 6.18. The highest BCUT2D eigenvalue weighted by atomic mass is 35.5. The van der Waals surface area contributed by atoms with Crippen molar-refractivity contribution in [3.63, 3.8) is 0 Å². The summed E-state index contributed by atoms with van der Waals surface area (Å²) in [5, 5.41) is 3.00. The molecule has 1 fully saturated rings. The molecule has 0 aliphatic heterocycles. The molecule has 1 N–H and O–H groups in total. The van der Waals surface area contributed by atoms with Gasteiger partial charge in [-0.2, -0.15) is 0 Å². The molecule has 3 heteroatoms. The maximum Gasteiger partial charge on any atom is 0.223 e. The Morgan fingerprint density at radius 2 is 2.15 bits per heavy atom. The van der Waals surface area contributed by atoms with Gasteiger partial charge in [0, 0.05) is 17.8 Å². The maximum absolute atomic E-state index is 11.5. The topological polar surface area (TPSA) is 29.1 Å². The van der Waals surface area contributed by atoms with E-state index in [1.54, 1.807) is 0 Å². The van der Waals surface area contributed by atoms with Gasteiger partial charge in [0.2, 0.25) is 5.91 Å². The van der Waals surface area contributed by atoms with E-state index < -0.39 is 0 Å². The molecule has 76 valence electrons. The van der Waals surface area contributed by atoms with Gasteiger partial charge in [-0.05, 0) is 18.8 Å². The van der Waals surface area contributed by atoms with E-state index in [9.17, 15) is 4.79 Å². The van der Waals surface area contributed by atoms with Crippen molar-refractivity contribution in [2.45, 2.75) is 39.2 Å². The lowest BCUT2D eigenvalue weighted by Crippen LogP contribution is -2.44. The predicted molar refractivity (Wildman–Crippen MR) is 54.8 cm³/mol. The average Bonchev–Trinajstić information content (AvgIpc) is 1.96. The van der Waals surface area contributed by atoms with Crippen LogP contribution in [0.2, 0.25) is 0 Å². The van der Waals surface area contributed by atoms with Crippen molar-refractivity contribution in [3.05, 3.63) is 0 Å². The van der Waals surface area contributed by atoms with Gasteiger partial charge in [-0.15, -0.1) is 11.6 Å². The second-order valence-corrected chi connectivity index (χ2v) is 4.45. The molecule has 1 unspecified atom stereocenters. The van der Waals surface area contributed by atoms with Gasteiger partial charge < -0.3 is 5.32 Å².